The SMILES string of the molecule is CCC(C)Sc1nc(Cl)ns1. The highest BCUT2D eigenvalue weighted by molar-refractivity contribution is 8.01. The van der Waals surface area contributed by atoms with Gasteiger partial charge >= 0.3 is 0 Å². The molecule has 0 saturated carbocycles. The Bertz CT molecular complexity index is 226. The minimum absolute atomic E-state index is 0.362. The minimum atomic E-state index is 0.362. The van der Waals surface area contributed by atoms with Crippen molar-refractivity contribution in [3.63, 3.8) is 0 Å². The van der Waals surface area contributed by atoms with Crippen LogP contribution in [-0.2, 0) is 0 Å². The van der Waals surface area contributed by atoms with Gasteiger partial charge in [-0.3, -0.25) is 0 Å². The highest BCUT2D eigenvalue weighted by Crippen LogP contribution is 2.27. The van der Waals surface area contributed by atoms with Gasteiger partial charge < -0.3 is 0 Å². The molecular weight excluding hydrogens is 200 g/mol. The molecule has 5 heteroatoms. The van der Waals surface area contributed by atoms with Crippen LogP contribution in [0.25, 0.3) is 0 Å². The first-order chi connectivity index (χ1) is 5.22. The van der Waals surface area contributed by atoms with Crippen molar-refractivity contribution in [1.29, 1.82) is 0 Å². The number of rotatable bonds is 3. The molecule has 1 rings (SSSR count). The molecule has 0 aliphatic carbocycles. The first kappa shape index (κ1) is 9.29. The third-order valence-corrected chi connectivity index (χ3v) is 3.58. The fourth-order valence-electron chi connectivity index (χ4n) is 0.496. The van der Waals surface area contributed by atoms with E-state index < -0.39 is 0 Å². The van der Waals surface area contributed by atoms with Gasteiger partial charge in [0.15, 0.2) is 4.34 Å². The maximum atomic E-state index is 5.56. The molecule has 2 nitrogen and oxygen atoms in total. The normalized spacial score (nSPS) is 13.4. The Morgan fingerprint density at radius 3 is 2.91 bits per heavy atom. The van der Waals surface area contributed by atoms with E-state index in [0.29, 0.717) is 10.5 Å². The van der Waals surface area contributed by atoms with Crippen LogP contribution in [0.3, 0.4) is 0 Å². The Balaban J connectivity index is 2.50. The van der Waals surface area contributed by atoms with Crippen molar-refractivity contribution >= 4 is 34.9 Å². The minimum Gasteiger partial charge on any atom is -0.198 e. The zero-order chi connectivity index (χ0) is 8.27. The number of hydrogen-bond donors (Lipinski definition) is 0. The molecule has 1 aromatic rings. The first-order valence-electron chi connectivity index (χ1n) is 3.38. The van der Waals surface area contributed by atoms with Crippen LogP contribution in [0.4, 0.5) is 0 Å². The van der Waals surface area contributed by atoms with Crippen molar-refractivity contribution in [2.24, 2.45) is 0 Å². The monoisotopic (exact) mass is 208 g/mol. The molecular formula is C6H9ClN2S2. The second-order valence-corrected chi connectivity index (χ2v) is 4.94. The van der Waals surface area contributed by atoms with Crippen LogP contribution < -0.4 is 0 Å². The van der Waals surface area contributed by atoms with Crippen LogP contribution in [-0.4, -0.2) is 14.6 Å². The lowest BCUT2D eigenvalue weighted by Crippen LogP contribution is -1.90. The van der Waals surface area contributed by atoms with E-state index in [1.807, 2.05) is 0 Å². The molecule has 0 fully saturated rings. The molecule has 1 aromatic heterocycles. The third kappa shape index (κ3) is 2.97. The van der Waals surface area contributed by atoms with Gasteiger partial charge in [-0.05, 0) is 29.6 Å². The average Bonchev–Trinajstić information content (AvgIpc) is 2.35. The van der Waals surface area contributed by atoms with Gasteiger partial charge in [0.2, 0.25) is 5.28 Å². The van der Waals surface area contributed by atoms with Crippen molar-refractivity contribution in [3.8, 4) is 0 Å². The molecule has 1 atom stereocenters. The van der Waals surface area contributed by atoms with Gasteiger partial charge in [0, 0.05) is 5.25 Å². The van der Waals surface area contributed by atoms with Crippen LogP contribution in [0, 0.1) is 0 Å². The van der Waals surface area contributed by atoms with Crippen LogP contribution in [0.5, 0.6) is 0 Å². The van der Waals surface area contributed by atoms with Crippen molar-refractivity contribution in [3.05, 3.63) is 5.28 Å². The maximum absolute atomic E-state index is 5.56. The van der Waals surface area contributed by atoms with Crippen molar-refractivity contribution in [2.45, 2.75) is 29.9 Å². The molecule has 11 heavy (non-hydrogen) atoms. The van der Waals surface area contributed by atoms with Gasteiger partial charge in [0.25, 0.3) is 0 Å². The fraction of sp³-hybridized carbons (Fsp3) is 0.667. The quantitative estimate of drug-likeness (QED) is 0.714. The van der Waals surface area contributed by atoms with E-state index >= 15 is 0 Å². The lowest BCUT2D eigenvalue weighted by Gasteiger charge is -2.02. The van der Waals surface area contributed by atoms with Crippen molar-refractivity contribution < 1.29 is 0 Å². The van der Waals surface area contributed by atoms with Crippen LogP contribution in [0.1, 0.15) is 20.3 Å². The molecule has 0 N–H and O–H groups in total. The highest BCUT2D eigenvalue weighted by atomic mass is 35.5. The lowest BCUT2D eigenvalue weighted by molar-refractivity contribution is 0.904. The molecule has 0 aliphatic heterocycles. The number of thioether (sulfide) groups is 1. The van der Waals surface area contributed by atoms with Gasteiger partial charge in [-0.2, -0.15) is 9.36 Å². The number of aromatic nitrogens is 2. The average molecular weight is 209 g/mol. The molecule has 1 unspecified atom stereocenters. The lowest BCUT2D eigenvalue weighted by atomic mass is 10.4. The van der Waals surface area contributed by atoms with E-state index in [9.17, 15) is 0 Å². The van der Waals surface area contributed by atoms with Gasteiger partial charge in [-0.1, -0.05) is 25.6 Å². The van der Waals surface area contributed by atoms with Crippen molar-refractivity contribution in [2.75, 3.05) is 0 Å². The van der Waals surface area contributed by atoms with Gasteiger partial charge in [0.1, 0.15) is 0 Å². The van der Waals surface area contributed by atoms with E-state index in [1.54, 1.807) is 11.8 Å². The van der Waals surface area contributed by atoms with E-state index in [4.69, 9.17) is 11.6 Å². The zero-order valence-electron chi connectivity index (χ0n) is 6.37. The fourth-order valence-corrected chi connectivity index (χ4v) is 2.53. The molecule has 62 valence electrons. The summed E-state index contributed by atoms with van der Waals surface area (Å²) in [6.45, 7) is 4.32. The summed E-state index contributed by atoms with van der Waals surface area (Å²) in [4.78, 5) is 4.03. The van der Waals surface area contributed by atoms with Crippen LogP contribution in [0.15, 0.2) is 4.34 Å². The largest absolute Gasteiger partial charge is 0.235 e. The summed E-state index contributed by atoms with van der Waals surface area (Å²) >= 11 is 8.65. The van der Waals surface area contributed by atoms with Gasteiger partial charge in [-0.25, -0.2) is 0 Å². The standard InChI is InChI=1S/C6H9ClN2S2/c1-3-4(2)10-6-8-5(7)9-11-6/h4H,3H2,1-2H3. The van der Waals surface area contributed by atoms with E-state index in [0.717, 1.165) is 10.8 Å². The summed E-state index contributed by atoms with van der Waals surface area (Å²) in [6, 6.07) is 0. The smallest absolute Gasteiger partial charge is 0.198 e. The summed E-state index contributed by atoms with van der Waals surface area (Å²) in [5.41, 5.74) is 0. The summed E-state index contributed by atoms with van der Waals surface area (Å²) in [5, 5.41) is 0.958. The van der Waals surface area contributed by atoms with E-state index in [1.165, 1.54) is 11.5 Å². The summed E-state index contributed by atoms with van der Waals surface area (Å²) in [5.74, 6) is 0. The Kier molecular flexibility index (Phi) is 3.62. The van der Waals surface area contributed by atoms with Gasteiger partial charge in [0.05, 0.1) is 0 Å². The molecule has 1 heterocycles. The Labute approximate surface area is 79.5 Å². The highest BCUT2D eigenvalue weighted by Gasteiger charge is 2.06. The summed E-state index contributed by atoms with van der Waals surface area (Å²) in [6.07, 6.45) is 1.14. The molecule has 0 aromatic carbocycles. The number of nitrogens with zero attached hydrogens (tertiary/aromatic N) is 2. The van der Waals surface area contributed by atoms with Crippen molar-refractivity contribution in [1.82, 2.24) is 9.36 Å². The summed E-state index contributed by atoms with van der Waals surface area (Å²) in [7, 11) is 0. The molecule has 0 spiro atoms. The number of hydrogen-bond acceptors (Lipinski definition) is 4. The molecule has 0 aliphatic rings. The molecule has 0 saturated heterocycles. The molecule has 0 radical (unpaired) electrons. The molecule has 0 amide bonds. The Morgan fingerprint density at radius 1 is 1.73 bits per heavy atom. The van der Waals surface area contributed by atoms with E-state index in [-0.39, 0.29) is 0 Å². The Hall–Kier alpha value is 0.200. The number of halogens is 1. The summed E-state index contributed by atoms with van der Waals surface area (Å²) < 4.78 is 4.84. The first-order valence-corrected chi connectivity index (χ1v) is 5.41. The topological polar surface area (TPSA) is 25.8 Å². The van der Waals surface area contributed by atoms with E-state index in [2.05, 4.69) is 23.2 Å². The predicted molar refractivity (Wildman–Crippen MR) is 50.5 cm³/mol. The molecule has 0 bridgehead atoms. The third-order valence-electron chi connectivity index (χ3n) is 1.26. The second-order valence-electron chi connectivity index (χ2n) is 2.17. The zero-order valence-corrected chi connectivity index (χ0v) is 8.76. The van der Waals surface area contributed by atoms with Crippen LogP contribution >= 0.6 is 34.9 Å². The van der Waals surface area contributed by atoms with Crippen LogP contribution in [0.2, 0.25) is 5.28 Å². The maximum Gasteiger partial charge on any atom is 0.235 e. The predicted octanol–water partition coefficient (Wildman–Crippen LogP) is 3.08. The van der Waals surface area contributed by atoms with Gasteiger partial charge in [-0.15, -0.1) is 0 Å². The second kappa shape index (κ2) is 4.28. The Morgan fingerprint density at radius 2 is 2.45 bits per heavy atom.